The Hall–Kier alpha value is -1.89. The highest BCUT2D eigenvalue weighted by molar-refractivity contribution is 5.70. The molecule has 0 aliphatic heterocycles. The van der Waals surface area contributed by atoms with Crippen molar-refractivity contribution in [2.45, 2.75) is 78.6 Å². The summed E-state index contributed by atoms with van der Waals surface area (Å²) >= 11 is 0. The summed E-state index contributed by atoms with van der Waals surface area (Å²) < 4.78 is 4.71. The zero-order valence-electron chi connectivity index (χ0n) is 14.9. The molecule has 0 aliphatic carbocycles. The molecule has 0 bridgehead atoms. The highest BCUT2D eigenvalue weighted by atomic mass is 16.3. The SMILES string of the molecule is CCCCn1c(=O)c2c(ncn2CCC(C)O)n(CCCC)c1=O. The molecule has 0 saturated heterocycles. The average molecular weight is 336 g/mol. The molecule has 24 heavy (non-hydrogen) atoms. The summed E-state index contributed by atoms with van der Waals surface area (Å²) in [6, 6.07) is 0. The smallest absolute Gasteiger partial charge is 0.332 e. The van der Waals surface area contributed by atoms with Crippen LogP contribution in [0.15, 0.2) is 15.9 Å². The van der Waals surface area contributed by atoms with Crippen LogP contribution in [0.5, 0.6) is 0 Å². The minimum Gasteiger partial charge on any atom is -0.393 e. The number of hydrogen-bond acceptors (Lipinski definition) is 4. The van der Waals surface area contributed by atoms with Gasteiger partial charge in [0.05, 0.1) is 12.4 Å². The maximum absolute atomic E-state index is 12.8. The van der Waals surface area contributed by atoms with E-state index in [-0.39, 0.29) is 11.2 Å². The minimum atomic E-state index is -0.448. The molecule has 1 N–H and O–H groups in total. The number of nitrogens with zero attached hydrogens (tertiary/aromatic N) is 4. The van der Waals surface area contributed by atoms with E-state index in [9.17, 15) is 14.7 Å². The van der Waals surface area contributed by atoms with Gasteiger partial charge in [-0.05, 0) is 26.2 Å². The van der Waals surface area contributed by atoms with Gasteiger partial charge in [-0.1, -0.05) is 26.7 Å². The number of aliphatic hydroxyl groups is 1. The van der Waals surface area contributed by atoms with E-state index in [4.69, 9.17) is 0 Å². The zero-order chi connectivity index (χ0) is 17.7. The first-order valence-electron chi connectivity index (χ1n) is 8.87. The van der Waals surface area contributed by atoms with Gasteiger partial charge in [0, 0.05) is 19.6 Å². The Morgan fingerprint density at radius 3 is 2.29 bits per heavy atom. The van der Waals surface area contributed by atoms with Crippen LogP contribution in [0.2, 0.25) is 0 Å². The molecule has 1 atom stereocenters. The number of aromatic nitrogens is 4. The van der Waals surface area contributed by atoms with Crippen LogP contribution in [0.1, 0.15) is 52.9 Å². The fraction of sp³-hybridized carbons (Fsp3) is 0.706. The third-order valence-electron chi connectivity index (χ3n) is 4.24. The molecule has 0 amide bonds. The summed E-state index contributed by atoms with van der Waals surface area (Å²) in [6.45, 7) is 7.31. The highest BCUT2D eigenvalue weighted by Gasteiger charge is 2.17. The molecular formula is C17H28N4O3. The van der Waals surface area contributed by atoms with Crippen molar-refractivity contribution < 1.29 is 5.11 Å². The first-order valence-corrected chi connectivity index (χ1v) is 8.87. The molecule has 0 spiro atoms. The van der Waals surface area contributed by atoms with Crippen LogP contribution < -0.4 is 11.2 Å². The number of hydrogen-bond donors (Lipinski definition) is 1. The van der Waals surface area contributed by atoms with Crippen LogP contribution in [0.3, 0.4) is 0 Å². The molecule has 2 aromatic rings. The second-order valence-electron chi connectivity index (χ2n) is 6.35. The van der Waals surface area contributed by atoms with Crippen molar-refractivity contribution >= 4 is 11.2 Å². The Balaban J connectivity index is 2.61. The van der Waals surface area contributed by atoms with Crippen molar-refractivity contribution in [2.75, 3.05) is 0 Å². The first kappa shape index (κ1) is 18.4. The standard InChI is InChI=1S/C17H28N4O3/c1-4-6-9-20-15-14(19(12-18-15)11-8-13(3)22)16(23)21(17(20)24)10-7-5-2/h12-13,22H,4-11H2,1-3H3. The predicted molar refractivity (Wildman–Crippen MR) is 94.4 cm³/mol. The summed E-state index contributed by atoms with van der Waals surface area (Å²) in [5.41, 5.74) is 0.369. The monoisotopic (exact) mass is 336 g/mol. The molecular weight excluding hydrogens is 308 g/mol. The quantitative estimate of drug-likeness (QED) is 0.756. The number of rotatable bonds is 9. The van der Waals surface area contributed by atoms with Gasteiger partial charge < -0.3 is 9.67 Å². The van der Waals surface area contributed by atoms with E-state index in [1.54, 1.807) is 22.4 Å². The van der Waals surface area contributed by atoms with Gasteiger partial charge in [0.25, 0.3) is 5.56 Å². The van der Waals surface area contributed by atoms with Crippen molar-refractivity contribution in [1.82, 2.24) is 18.7 Å². The lowest BCUT2D eigenvalue weighted by Crippen LogP contribution is -2.40. The average Bonchev–Trinajstić information content (AvgIpc) is 2.97. The largest absolute Gasteiger partial charge is 0.393 e. The molecule has 134 valence electrons. The van der Waals surface area contributed by atoms with Crippen molar-refractivity contribution in [3.8, 4) is 0 Å². The molecule has 2 aromatic heterocycles. The van der Waals surface area contributed by atoms with Crippen LogP contribution in [-0.4, -0.2) is 29.9 Å². The maximum atomic E-state index is 12.8. The Labute approximate surface area is 141 Å². The number of aryl methyl sites for hydroxylation is 2. The summed E-state index contributed by atoms with van der Waals surface area (Å²) in [5.74, 6) is 0. The molecule has 0 fully saturated rings. The van der Waals surface area contributed by atoms with E-state index in [2.05, 4.69) is 11.9 Å². The molecule has 0 radical (unpaired) electrons. The lowest BCUT2D eigenvalue weighted by atomic mass is 10.3. The van der Waals surface area contributed by atoms with Gasteiger partial charge in [0.15, 0.2) is 11.2 Å². The Bertz CT molecular complexity index is 785. The molecule has 2 heterocycles. The van der Waals surface area contributed by atoms with Crippen LogP contribution in [-0.2, 0) is 19.6 Å². The lowest BCUT2D eigenvalue weighted by Gasteiger charge is -2.12. The number of unbranched alkanes of at least 4 members (excludes halogenated alkanes) is 2. The number of imidazole rings is 1. The van der Waals surface area contributed by atoms with E-state index >= 15 is 0 Å². The minimum absolute atomic E-state index is 0.268. The van der Waals surface area contributed by atoms with E-state index in [1.807, 2.05) is 6.92 Å². The fourth-order valence-electron chi connectivity index (χ4n) is 2.77. The van der Waals surface area contributed by atoms with Gasteiger partial charge in [-0.2, -0.15) is 0 Å². The fourth-order valence-corrected chi connectivity index (χ4v) is 2.77. The molecule has 2 rings (SSSR count). The summed E-state index contributed by atoms with van der Waals surface area (Å²) in [7, 11) is 0. The molecule has 0 aliphatic rings. The summed E-state index contributed by atoms with van der Waals surface area (Å²) in [4.78, 5) is 29.9. The van der Waals surface area contributed by atoms with E-state index < -0.39 is 6.10 Å². The van der Waals surface area contributed by atoms with Gasteiger partial charge in [0.2, 0.25) is 0 Å². The van der Waals surface area contributed by atoms with E-state index in [0.29, 0.717) is 37.2 Å². The third kappa shape index (κ3) is 3.77. The van der Waals surface area contributed by atoms with Crippen molar-refractivity contribution in [3.05, 3.63) is 27.2 Å². The summed E-state index contributed by atoms with van der Waals surface area (Å²) in [5, 5.41) is 9.51. The van der Waals surface area contributed by atoms with Gasteiger partial charge in [-0.25, -0.2) is 9.78 Å². The number of aliphatic hydroxyl groups excluding tert-OH is 1. The Kier molecular flexibility index (Phi) is 6.36. The van der Waals surface area contributed by atoms with Crippen molar-refractivity contribution in [3.63, 3.8) is 0 Å². The maximum Gasteiger partial charge on any atom is 0.332 e. The zero-order valence-corrected chi connectivity index (χ0v) is 14.9. The molecule has 0 saturated carbocycles. The highest BCUT2D eigenvalue weighted by Crippen LogP contribution is 2.10. The van der Waals surface area contributed by atoms with Crippen molar-refractivity contribution in [2.24, 2.45) is 0 Å². The van der Waals surface area contributed by atoms with Crippen LogP contribution in [0, 0.1) is 0 Å². The predicted octanol–water partition coefficient (Wildman–Crippen LogP) is 1.73. The summed E-state index contributed by atoms with van der Waals surface area (Å²) in [6.07, 6.45) is 5.22. The van der Waals surface area contributed by atoms with Gasteiger partial charge in [-0.3, -0.25) is 13.9 Å². The normalized spacial score (nSPS) is 12.8. The van der Waals surface area contributed by atoms with Crippen LogP contribution in [0.25, 0.3) is 11.2 Å². The van der Waals surface area contributed by atoms with Crippen molar-refractivity contribution in [1.29, 1.82) is 0 Å². The van der Waals surface area contributed by atoms with E-state index in [1.165, 1.54) is 4.57 Å². The third-order valence-corrected chi connectivity index (χ3v) is 4.24. The topological polar surface area (TPSA) is 82.0 Å². The van der Waals surface area contributed by atoms with Gasteiger partial charge in [0.1, 0.15) is 0 Å². The first-order chi connectivity index (χ1) is 11.5. The van der Waals surface area contributed by atoms with Crippen LogP contribution in [0.4, 0.5) is 0 Å². The number of fused-ring (bicyclic) bond motifs is 1. The molecule has 1 unspecified atom stereocenters. The second kappa shape index (κ2) is 8.28. The van der Waals surface area contributed by atoms with Gasteiger partial charge in [-0.15, -0.1) is 0 Å². The Morgan fingerprint density at radius 1 is 1.08 bits per heavy atom. The van der Waals surface area contributed by atoms with Crippen LogP contribution >= 0.6 is 0 Å². The van der Waals surface area contributed by atoms with E-state index in [0.717, 1.165) is 25.7 Å². The molecule has 7 nitrogen and oxygen atoms in total. The van der Waals surface area contributed by atoms with Gasteiger partial charge >= 0.3 is 5.69 Å². The Morgan fingerprint density at radius 2 is 1.71 bits per heavy atom. The molecule has 0 aromatic carbocycles. The molecule has 7 heteroatoms. The lowest BCUT2D eigenvalue weighted by molar-refractivity contribution is 0.178. The second-order valence-corrected chi connectivity index (χ2v) is 6.35.